The zero-order valence-electron chi connectivity index (χ0n) is 3.57. The van der Waals surface area contributed by atoms with Crippen molar-refractivity contribution in [2.75, 3.05) is 13.1 Å². The van der Waals surface area contributed by atoms with E-state index in [1.807, 2.05) is 0 Å². The topological polar surface area (TPSA) is 35.8 Å². The van der Waals surface area contributed by atoms with Crippen molar-refractivity contribution in [2.24, 2.45) is 0 Å². The van der Waals surface area contributed by atoms with E-state index in [9.17, 15) is 0 Å². The minimum atomic E-state index is 0. The van der Waals surface area contributed by atoms with Crippen LogP contribution in [0.1, 0.15) is 0 Å². The SMILES string of the molecule is [Ac].[NH-]C1CNC1. The normalized spacial score (nSPS) is 21.5. The average Bonchev–Trinajstić information content (AvgIpc) is 1.30. The maximum absolute atomic E-state index is 6.85. The van der Waals surface area contributed by atoms with Gasteiger partial charge in [0.15, 0.2) is 0 Å². The minimum Gasteiger partial charge on any atom is -0.673 e. The molecular weight excluding hydrogens is 291 g/mol. The Balaban J connectivity index is 0.000000250. The first-order valence-electron chi connectivity index (χ1n) is 1.81. The summed E-state index contributed by atoms with van der Waals surface area (Å²) in [5.74, 6) is 0. The zero-order valence-corrected chi connectivity index (χ0v) is 8.31. The predicted molar refractivity (Wildman–Crippen MR) is 21.0 cm³/mol. The van der Waals surface area contributed by atoms with Gasteiger partial charge < -0.3 is 11.1 Å². The summed E-state index contributed by atoms with van der Waals surface area (Å²) in [4.78, 5) is 0. The monoisotopic (exact) mass is 298 g/mol. The number of rotatable bonds is 0. The Labute approximate surface area is 73.4 Å². The Kier molecular flexibility index (Phi) is 4.14. The molecule has 1 fully saturated rings. The van der Waals surface area contributed by atoms with Gasteiger partial charge in [-0.1, -0.05) is 0 Å². The van der Waals surface area contributed by atoms with Gasteiger partial charge in [0.05, 0.1) is 0 Å². The summed E-state index contributed by atoms with van der Waals surface area (Å²) in [7, 11) is 0. The fourth-order valence-electron chi connectivity index (χ4n) is 0.289. The van der Waals surface area contributed by atoms with E-state index in [0.717, 1.165) is 13.1 Å². The second-order valence-corrected chi connectivity index (χ2v) is 1.36. The maximum Gasteiger partial charge on any atom is 0 e. The van der Waals surface area contributed by atoms with Crippen molar-refractivity contribution in [1.29, 1.82) is 0 Å². The maximum atomic E-state index is 6.85. The van der Waals surface area contributed by atoms with Crippen molar-refractivity contribution in [3.05, 3.63) is 5.73 Å². The van der Waals surface area contributed by atoms with Crippen molar-refractivity contribution < 1.29 is 44.1 Å². The minimum absolute atomic E-state index is 0. The summed E-state index contributed by atoms with van der Waals surface area (Å²) in [6.07, 6.45) is 0. The van der Waals surface area contributed by atoms with E-state index in [1.54, 1.807) is 0 Å². The van der Waals surface area contributed by atoms with Crippen LogP contribution in [0.4, 0.5) is 0 Å². The second kappa shape index (κ2) is 3.37. The number of hydrogen-bond donors (Lipinski definition) is 1. The van der Waals surface area contributed by atoms with Crippen LogP contribution in [0.2, 0.25) is 0 Å². The molecule has 1 saturated heterocycles. The van der Waals surface area contributed by atoms with E-state index in [2.05, 4.69) is 5.32 Å². The molecule has 0 aromatic heterocycles. The zero-order chi connectivity index (χ0) is 3.70. The fourth-order valence-corrected chi connectivity index (χ4v) is 0.289. The van der Waals surface area contributed by atoms with Gasteiger partial charge in [-0.05, 0) is 13.1 Å². The van der Waals surface area contributed by atoms with E-state index in [-0.39, 0.29) is 50.1 Å². The quantitative estimate of drug-likeness (QED) is 0.672. The van der Waals surface area contributed by atoms with Gasteiger partial charge in [0.25, 0.3) is 0 Å². The molecule has 0 unspecified atom stereocenters. The Bertz CT molecular complexity index is 35.8. The van der Waals surface area contributed by atoms with Gasteiger partial charge in [-0.3, -0.25) is 0 Å². The first kappa shape index (κ1) is 7.36. The van der Waals surface area contributed by atoms with Crippen LogP contribution in [-0.4, -0.2) is 19.1 Å². The summed E-state index contributed by atoms with van der Waals surface area (Å²) < 4.78 is 0. The van der Waals surface area contributed by atoms with Crippen LogP contribution in [0.3, 0.4) is 0 Å². The molecule has 1 aliphatic heterocycles. The second-order valence-electron chi connectivity index (χ2n) is 1.36. The van der Waals surface area contributed by atoms with Crippen molar-refractivity contribution in [1.82, 2.24) is 5.32 Å². The summed E-state index contributed by atoms with van der Waals surface area (Å²) in [6, 6.07) is 0.204. The van der Waals surface area contributed by atoms with Crippen LogP contribution in [0.5, 0.6) is 0 Å². The molecule has 0 bridgehead atoms. The van der Waals surface area contributed by atoms with Crippen molar-refractivity contribution in [2.45, 2.75) is 6.04 Å². The molecular formula is C3H7AcN2-. The first-order valence-corrected chi connectivity index (χ1v) is 1.81. The molecule has 6 heavy (non-hydrogen) atoms. The number of nitrogens with one attached hydrogen (secondary N) is 2. The van der Waals surface area contributed by atoms with Crippen LogP contribution >= 0.6 is 0 Å². The van der Waals surface area contributed by atoms with Crippen molar-refractivity contribution >= 4 is 0 Å². The Morgan fingerprint density at radius 2 is 1.83 bits per heavy atom. The third-order valence-corrected chi connectivity index (χ3v) is 0.781. The van der Waals surface area contributed by atoms with Crippen molar-refractivity contribution in [3.63, 3.8) is 0 Å². The molecule has 0 spiro atoms. The molecule has 33 valence electrons. The molecule has 0 amide bonds. The molecule has 0 aromatic carbocycles. The Morgan fingerprint density at radius 1 is 1.50 bits per heavy atom. The van der Waals surface area contributed by atoms with Gasteiger partial charge in [0, 0.05) is 44.1 Å². The van der Waals surface area contributed by atoms with Crippen LogP contribution in [0.15, 0.2) is 0 Å². The first-order chi connectivity index (χ1) is 2.39. The summed E-state index contributed by atoms with van der Waals surface area (Å²) in [5, 5.41) is 2.97. The molecule has 1 heterocycles. The molecule has 0 aliphatic carbocycles. The average molecular weight is 298 g/mol. The molecule has 1 radical (unpaired) electrons. The largest absolute Gasteiger partial charge is 0.673 e. The van der Waals surface area contributed by atoms with E-state index in [4.69, 9.17) is 5.73 Å². The van der Waals surface area contributed by atoms with Gasteiger partial charge in [-0.15, -0.1) is 6.04 Å². The smallest absolute Gasteiger partial charge is 0 e. The molecule has 0 aromatic rings. The Hall–Kier alpha value is 1.36. The fraction of sp³-hybridized carbons (Fsp3) is 1.00. The van der Waals surface area contributed by atoms with Crippen molar-refractivity contribution in [3.8, 4) is 0 Å². The van der Waals surface area contributed by atoms with Crippen LogP contribution < -0.4 is 5.32 Å². The molecule has 2 nitrogen and oxygen atoms in total. The molecule has 1 rings (SSSR count). The van der Waals surface area contributed by atoms with Gasteiger partial charge in [-0.2, -0.15) is 0 Å². The molecule has 0 atom stereocenters. The standard InChI is InChI=1S/C3H7N2.Ac/c4-3-1-5-2-3;/h3-5H,1-2H2;/q-1;. The van der Waals surface area contributed by atoms with Gasteiger partial charge in [-0.25, -0.2) is 0 Å². The third kappa shape index (κ3) is 1.88. The van der Waals surface area contributed by atoms with Gasteiger partial charge >= 0.3 is 0 Å². The molecule has 0 saturated carbocycles. The number of hydrogen-bond acceptors (Lipinski definition) is 1. The van der Waals surface area contributed by atoms with Crippen LogP contribution in [0.25, 0.3) is 5.73 Å². The molecule has 2 N–H and O–H groups in total. The predicted octanol–water partition coefficient (Wildman–Crippen LogP) is 0.0104. The van der Waals surface area contributed by atoms with E-state index < -0.39 is 0 Å². The summed E-state index contributed by atoms with van der Waals surface area (Å²) in [5.41, 5.74) is 6.85. The summed E-state index contributed by atoms with van der Waals surface area (Å²) in [6.45, 7) is 1.81. The third-order valence-electron chi connectivity index (χ3n) is 0.781. The Morgan fingerprint density at radius 3 is 1.83 bits per heavy atom. The molecule has 3 heteroatoms. The van der Waals surface area contributed by atoms with Gasteiger partial charge in [0.1, 0.15) is 0 Å². The van der Waals surface area contributed by atoms with E-state index in [0.29, 0.717) is 0 Å². The van der Waals surface area contributed by atoms with E-state index >= 15 is 0 Å². The summed E-state index contributed by atoms with van der Waals surface area (Å²) >= 11 is 0. The van der Waals surface area contributed by atoms with Crippen LogP contribution in [-0.2, 0) is 0 Å². The van der Waals surface area contributed by atoms with Gasteiger partial charge in [0.2, 0.25) is 0 Å². The van der Waals surface area contributed by atoms with E-state index in [1.165, 1.54) is 0 Å². The molecule has 1 aliphatic rings. The van der Waals surface area contributed by atoms with Crippen LogP contribution in [0, 0.1) is 44.1 Å².